The Morgan fingerprint density at radius 3 is 2.54 bits per heavy atom. The van der Waals surface area contributed by atoms with E-state index in [9.17, 15) is 0 Å². The molecule has 0 unspecified atom stereocenters. The molecule has 0 radical (unpaired) electrons. The molecule has 0 amide bonds. The van der Waals surface area contributed by atoms with Crippen molar-refractivity contribution < 1.29 is 0 Å². The van der Waals surface area contributed by atoms with Crippen LogP contribution in [0.1, 0.15) is 5.69 Å². The summed E-state index contributed by atoms with van der Waals surface area (Å²) in [6.07, 6.45) is 1.71. The zero-order chi connectivity index (χ0) is 9.14. The van der Waals surface area contributed by atoms with Crippen LogP contribution in [0, 0.1) is 0 Å². The SMILES string of the molecule is CN(C)c1ccnc(CCl)c1Cl.Cl. The third-order valence-corrected chi connectivity index (χ3v) is 2.21. The van der Waals surface area contributed by atoms with Crippen molar-refractivity contribution in [3.05, 3.63) is 23.0 Å². The van der Waals surface area contributed by atoms with Gasteiger partial charge >= 0.3 is 0 Å². The number of hydrogen-bond acceptors (Lipinski definition) is 2. The van der Waals surface area contributed by atoms with Gasteiger partial charge in [0.1, 0.15) is 0 Å². The monoisotopic (exact) mass is 240 g/mol. The second kappa shape index (κ2) is 5.53. The maximum absolute atomic E-state index is 6.02. The molecule has 0 N–H and O–H groups in total. The summed E-state index contributed by atoms with van der Waals surface area (Å²) in [5, 5.41) is 0.637. The van der Waals surface area contributed by atoms with Gasteiger partial charge in [-0.25, -0.2) is 0 Å². The Bertz CT molecular complexity index is 276. The summed E-state index contributed by atoms with van der Waals surface area (Å²) in [4.78, 5) is 5.98. The normalized spacial score (nSPS) is 9.23. The molecular weight excluding hydrogens is 230 g/mol. The first-order valence-electron chi connectivity index (χ1n) is 3.53. The van der Waals surface area contributed by atoms with Crippen LogP contribution in [0.2, 0.25) is 5.02 Å². The maximum Gasteiger partial charge on any atom is 0.0867 e. The molecule has 0 bridgehead atoms. The molecule has 0 saturated heterocycles. The van der Waals surface area contributed by atoms with Gasteiger partial charge in [0.25, 0.3) is 0 Å². The van der Waals surface area contributed by atoms with Crippen molar-refractivity contribution in [1.29, 1.82) is 0 Å². The summed E-state index contributed by atoms with van der Waals surface area (Å²) in [5.74, 6) is 0.348. The fourth-order valence-electron chi connectivity index (χ4n) is 0.914. The quantitative estimate of drug-likeness (QED) is 0.740. The zero-order valence-electron chi connectivity index (χ0n) is 7.42. The van der Waals surface area contributed by atoms with Gasteiger partial charge in [0.2, 0.25) is 0 Å². The number of aromatic nitrogens is 1. The number of halogens is 3. The predicted molar refractivity (Wildman–Crippen MR) is 60.4 cm³/mol. The Morgan fingerprint density at radius 2 is 2.08 bits per heavy atom. The second-order valence-corrected chi connectivity index (χ2v) is 3.26. The first kappa shape index (κ1) is 12.8. The van der Waals surface area contributed by atoms with Crippen LogP contribution in [-0.4, -0.2) is 19.1 Å². The zero-order valence-corrected chi connectivity index (χ0v) is 9.75. The van der Waals surface area contributed by atoms with Crippen molar-refractivity contribution in [2.75, 3.05) is 19.0 Å². The molecule has 0 aliphatic heterocycles. The van der Waals surface area contributed by atoms with E-state index in [4.69, 9.17) is 23.2 Å². The summed E-state index contributed by atoms with van der Waals surface area (Å²) in [6, 6.07) is 1.86. The van der Waals surface area contributed by atoms with Gasteiger partial charge in [-0.05, 0) is 6.07 Å². The topological polar surface area (TPSA) is 16.1 Å². The summed E-state index contributed by atoms with van der Waals surface area (Å²) in [5.41, 5.74) is 1.67. The first-order valence-corrected chi connectivity index (χ1v) is 4.44. The third-order valence-electron chi connectivity index (χ3n) is 1.55. The Balaban J connectivity index is 0.00000144. The van der Waals surface area contributed by atoms with Crippen molar-refractivity contribution >= 4 is 41.3 Å². The Hall–Kier alpha value is -0.180. The Kier molecular flexibility index (Phi) is 5.45. The smallest absolute Gasteiger partial charge is 0.0867 e. The number of alkyl halides is 1. The van der Waals surface area contributed by atoms with Crippen molar-refractivity contribution in [1.82, 2.24) is 4.98 Å². The van der Waals surface area contributed by atoms with E-state index in [1.54, 1.807) is 6.20 Å². The minimum atomic E-state index is 0. The van der Waals surface area contributed by atoms with Gasteiger partial charge in [-0.3, -0.25) is 4.98 Å². The van der Waals surface area contributed by atoms with Crippen LogP contribution in [0.4, 0.5) is 5.69 Å². The molecule has 5 heteroatoms. The molecule has 2 nitrogen and oxygen atoms in total. The van der Waals surface area contributed by atoms with Gasteiger partial charge in [0.15, 0.2) is 0 Å². The van der Waals surface area contributed by atoms with Gasteiger partial charge in [-0.2, -0.15) is 0 Å². The van der Waals surface area contributed by atoms with Gasteiger partial charge in [0.05, 0.1) is 22.3 Å². The van der Waals surface area contributed by atoms with Crippen molar-refractivity contribution in [3.8, 4) is 0 Å². The molecule has 0 aliphatic carbocycles. The van der Waals surface area contributed by atoms with E-state index >= 15 is 0 Å². The van der Waals surface area contributed by atoms with Gasteiger partial charge < -0.3 is 4.90 Å². The maximum atomic E-state index is 6.02. The lowest BCUT2D eigenvalue weighted by Crippen LogP contribution is -2.10. The summed E-state index contributed by atoms with van der Waals surface area (Å²) >= 11 is 11.7. The highest BCUT2D eigenvalue weighted by Gasteiger charge is 2.07. The van der Waals surface area contributed by atoms with E-state index in [0.717, 1.165) is 11.4 Å². The summed E-state index contributed by atoms with van der Waals surface area (Å²) < 4.78 is 0. The van der Waals surface area contributed by atoms with Gasteiger partial charge in [-0.15, -0.1) is 24.0 Å². The molecule has 0 atom stereocenters. The minimum Gasteiger partial charge on any atom is -0.376 e. The van der Waals surface area contributed by atoms with Crippen molar-refractivity contribution in [2.45, 2.75) is 5.88 Å². The van der Waals surface area contributed by atoms with E-state index < -0.39 is 0 Å². The van der Waals surface area contributed by atoms with Crippen LogP contribution in [0.5, 0.6) is 0 Å². The van der Waals surface area contributed by atoms with Gasteiger partial charge in [-0.1, -0.05) is 11.6 Å². The number of rotatable bonds is 2. The lowest BCUT2D eigenvalue weighted by molar-refractivity contribution is 1.09. The van der Waals surface area contributed by atoms with Crippen LogP contribution in [0.3, 0.4) is 0 Å². The van der Waals surface area contributed by atoms with E-state index in [1.807, 2.05) is 25.1 Å². The molecule has 1 rings (SSSR count). The fourth-order valence-corrected chi connectivity index (χ4v) is 1.53. The summed E-state index contributed by atoms with van der Waals surface area (Å²) in [6.45, 7) is 0. The molecule has 13 heavy (non-hydrogen) atoms. The highest BCUT2D eigenvalue weighted by Crippen LogP contribution is 2.26. The average Bonchev–Trinajstić information content (AvgIpc) is 2.04. The van der Waals surface area contributed by atoms with Crippen LogP contribution >= 0.6 is 35.6 Å². The molecule has 0 aromatic carbocycles. The van der Waals surface area contributed by atoms with E-state index in [2.05, 4.69) is 4.98 Å². The molecule has 1 heterocycles. The Labute approximate surface area is 94.3 Å². The van der Waals surface area contributed by atoms with Crippen molar-refractivity contribution in [2.24, 2.45) is 0 Å². The number of pyridine rings is 1. The molecule has 1 aromatic rings. The van der Waals surface area contributed by atoms with Crippen molar-refractivity contribution in [3.63, 3.8) is 0 Å². The van der Waals surface area contributed by atoms with Crippen LogP contribution in [0.25, 0.3) is 0 Å². The first-order chi connectivity index (χ1) is 5.66. The lowest BCUT2D eigenvalue weighted by Gasteiger charge is -2.14. The lowest BCUT2D eigenvalue weighted by atomic mass is 10.3. The second-order valence-electron chi connectivity index (χ2n) is 2.62. The molecule has 0 saturated carbocycles. The highest BCUT2D eigenvalue weighted by molar-refractivity contribution is 6.34. The van der Waals surface area contributed by atoms with Crippen LogP contribution in [-0.2, 0) is 5.88 Å². The Morgan fingerprint density at radius 1 is 1.46 bits per heavy atom. The molecule has 1 aromatic heterocycles. The molecular formula is C8H11Cl3N2. The molecule has 0 fully saturated rings. The van der Waals surface area contributed by atoms with E-state index in [-0.39, 0.29) is 12.4 Å². The molecule has 0 spiro atoms. The third kappa shape index (κ3) is 2.90. The molecule has 0 aliphatic rings. The van der Waals surface area contributed by atoms with Crippen LogP contribution < -0.4 is 4.90 Å². The summed E-state index contributed by atoms with van der Waals surface area (Å²) in [7, 11) is 3.86. The largest absolute Gasteiger partial charge is 0.376 e. The van der Waals surface area contributed by atoms with Gasteiger partial charge in [0, 0.05) is 20.3 Å². The number of nitrogens with zero attached hydrogens (tertiary/aromatic N) is 2. The molecule has 74 valence electrons. The van der Waals surface area contributed by atoms with E-state index in [0.29, 0.717) is 10.9 Å². The standard InChI is InChI=1S/C8H10Cl2N2.ClH/c1-12(2)7-3-4-11-6(5-9)8(7)10;/h3-4H,5H2,1-2H3;1H. The predicted octanol–water partition coefficient (Wildman–Crippen LogP) is 2.96. The highest BCUT2D eigenvalue weighted by atomic mass is 35.5. The number of hydrogen-bond donors (Lipinski definition) is 0. The average molecular weight is 242 g/mol. The fraction of sp³-hybridized carbons (Fsp3) is 0.375. The number of anilines is 1. The van der Waals surface area contributed by atoms with Crippen LogP contribution in [0.15, 0.2) is 12.3 Å². The minimum absolute atomic E-state index is 0. The van der Waals surface area contributed by atoms with E-state index in [1.165, 1.54) is 0 Å².